The van der Waals surface area contributed by atoms with E-state index >= 15 is 0 Å². The monoisotopic (exact) mass is 291 g/mol. The maximum Gasteiger partial charge on any atom is 0.165 e. The third-order valence-electron chi connectivity index (χ3n) is 4.54. The first-order chi connectivity index (χ1) is 10.4. The Hall–Kier alpha value is -1.26. The van der Waals surface area contributed by atoms with Gasteiger partial charge in [-0.05, 0) is 37.7 Å². The van der Waals surface area contributed by atoms with E-state index in [0.29, 0.717) is 18.6 Å². The molecule has 0 radical (unpaired) electrons. The molecule has 1 aliphatic heterocycles. The van der Waals surface area contributed by atoms with Gasteiger partial charge in [0.15, 0.2) is 11.5 Å². The largest absolute Gasteiger partial charge is 0.490 e. The zero-order valence-electron chi connectivity index (χ0n) is 12.5. The maximum absolute atomic E-state index is 9.19. The van der Waals surface area contributed by atoms with E-state index in [1.807, 2.05) is 12.1 Å². The molecule has 2 aliphatic rings. The second kappa shape index (κ2) is 7.14. The Bertz CT molecular complexity index is 455. The molecule has 0 bridgehead atoms. The highest BCUT2D eigenvalue weighted by molar-refractivity contribution is 5.47. The summed E-state index contributed by atoms with van der Waals surface area (Å²) in [7, 11) is 0. The lowest BCUT2D eigenvalue weighted by Gasteiger charge is -2.28. The summed E-state index contributed by atoms with van der Waals surface area (Å²) in [4.78, 5) is 0. The standard InChI is InChI=1S/C17H25NO3/c19-12-13-5-7-15(8-6-13)18-11-14-3-1-4-16-17(14)21-10-2-9-20-16/h1,3-4,13,15,18-19H,2,5-12H2. The molecular weight excluding hydrogens is 266 g/mol. The van der Waals surface area contributed by atoms with Gasteiger partial charge in [-0.3, -0.25) is 0 Å². The summed E-state index contributed by atoms with van der Waals surface area (Å²) in [5, 5.41) is 12.8. The molecule has 4 heteroatoms. The molecule has 1 aromatic rings. The first-order valence-corrected chi connectivity index (χ1v) is 8.08. The summed E-state index contributed by atoms with van der Waals surface area (Å²) in [6, 6.07) is 6.68. The average molecular weight is 291 g/mol. The molecule has 0 saturated heterocycles. The lowest BCUT2D eigenvalue weighted by molar-refractivity contribution is 0.175. The van der Waals surface area contributed by atoms with Gasteiger partial charge in [-0.2, -0.15) is 0 Å². The Balaban J connectivity index is 1.58. The fourth-order valence-corrected chi connectivity index (χ4v) is 3.20. The summed E-state index contributed by atoms with van der Waals surface area (Å²) >= 11 is 0. The number of aliphatic hydroxyl groups excluding tert-OH is 1. The van der Waals surface area contributed by atoms with E-state index in [1.54, 1.807) is 0 Å². The normalized spacial score (nSPS) is 25.4. The van der Waals surface area contributed by atoms with Crippen LogP contribution in [0.5, 0.6) is 11.5 Å². The zero-order valence-corrected chi connectivity index (χ0v) is 12.5. The van der Waals surface area contributed by atoms with Crippen LogP contribution in [0.25, 0.3) is 0 Å². The van der Waals surface area contributed by atoms with E-state index < -0.39 is 0 Å². The van der Waals surface area contributed by atoms with Crippen LogP contribution >= 0.6 is 0 Å². The van der Waals surface area contributed by atoms with Crippen molar-refractivity contribution < 1.29 is 14.6 Å². The van der Waals surface area contributed by atoms with Gasteiger partial charge in [0.2, 0.25) is 0 Å². The van der Waals surface area contributed by atoms with Crippen molar-refractivity contribution in [1.82, 2.24) is 5.32 Å². The number of fused-ring (bicyclic) bond motifs is 1. The quantitative estimate of drug-likeness (QED) is 0.895. The first-order valence-electron chi connectivity index (χ1n) is 8.08. The Morgan fingerprint density at radius 1 is 1.10 bits per heavy atom. The van der Waals surface area contributed by atoms with Crippen LogP contribution in [0.2, 0.25) is 0 Å². The molecule has 116 valence electrons. The van der Waals surface area contributed by atoms with Crippen molar-refractivity contribution in [2.45, 2.75) is 44.7 Å². The van der Waals surface area contributed by atoms with Gasteiger partial charge < -0.3 is 19.9 Å². The van der Waals surface area contributed by atoms with Gasteiger partial charge in [-0.25, -0.2) is 0 Å². The number of para-hydroxylation sites is 1. The lowest BCUT2D eigenvalue weighted by Crippen LogP contribution is -2.33. The van der Waals surface area contributed by atoms with Crippen LogP contribution in [0, 0.1) is 5.92 Å². The van der Waals surface area contributed by atoms with Crippen molar-refractivity contribution in [1.29, 1.82) is 0 Å². The van der Waals surface area contributed by atoms with Gasteiger partial charge >= 0.3 is 0 Å². The van der Waals surface area contributed by atoms with Crippen LogP contribution in [0.15, 0.2) is 18.2 Å². The molecule has 0 spiro atoms. The van der Waals surface area contributed by atoms with Crippen LogP contribution < -0.4 is 14.8 Å². The van der Waals surface area contributed by atoms with Crippen LogP contribution in [0.1, 0.15) is 37.7 Å². The second-order valence-electron chi connectivity index (χ2n) is 6.08. The SMILES string of the molecule is OCC1CCC(NCc2cccc3c2OCCCO3)CC1. The van der Waals surface area contributed by atoms with Gasteiger partial charge in [0.1, 0.15) is 0 Å². The molecular formula is C17H25NO3. The number of rotatable bonds is 4. The van der Waals surface area contributed by atoms with Crippen molar-refractivity contribution >= 4 is 0 Å². The highest BCUT2D eigenvalue weighted by Crippen LogP contribution is 2.33. The third kappa shape index (κ3) is 3.69. The topological polar surface area (TPSA) is 50.7 Å². The lowest BCUT2D eigenvalue weighted by atomic mass is 9.86. The molecule has 0 unspecified atom stereocenters. The minimum absolute atomic E-state index is 0.337. The summed E-state index contributed by atoms with van der Waals surface area (Å²) in [6.07, 6.45) is 5.49. The highest BCUT2D eigenvalue weighted by Gasteiger charge is 2.21. The summed E-state index contributed by atoms with van der Waals surface area (Å²) in [5.74, 6) is 2.29. The van der Waals surface area contributed by atoms with Gasteiger partial charge in [0, 0.05) is 31.2 Å². The third-order valence-corrected chi connectivity index (χ3v) is 4.54. The highest BCUT2D eigenvalue weighted by atomic mass is 16.5. The van der Waals surface area contributed by atoms with Crippen molar-refractivity contribution in [2.75, 3.05) is 19.8 Å². The molecule has 0 aromatic heterocycles. The molecule has 0 atom stereocenters. The van der Waals surface area contributed by atoms with Crippen LogP contribution in [0.3, 0.4) is 0 Å². The van der Waals surface area contributed by atoms with Crippen LogP contribution in [-0.2, 0) is 6.54 Å². The number of nitrogens with one attached hydrogen (secondary N) is 1. The molecule has 3 rings (SSSR count). The molecule has 4 nitrogen and oxygen atoms in total. The van der Waals surface area contributed by atoms with Gasteiger partial charge in [0.25, 0.3) is 0 Å². The summed E-state index contributed by atoms with van der Waals surface area (Å²) in [6.45, 7) is 2.62. The van der Waals surface area contributed by atoms with E-state index in [1.165, 1.54) is 5.56 Å². The number of aliphatic hydroxyl groups is 1. The van der Waals surface area contributed by atoms with Crippen molar-refractivity contribution in [3.05, 3.63) is 23.8 Å². The van der Waals surface area contributed by atoms with E-state index in [9.17, 15) is 5.11 Å². The first kappa shape index (κ1) is 14.7. The smallest absolute Gasteiger partial charge is 0.165 e. The molecule has 21 heavy (non-hydrogen) atoms. The maximum atomic E-state index is 9.19. The van der Waals surface area contributed by atoms with Crippen LogP contribution in [-0.4, -0.2) is 31.0 Å². The Labute approximate surface area is 126 Å². The molecule has 1 fully saturated rings. The Morgan fingerprint density at radius 2 is 1.90 bits per heavy atom. The van der Waals surface area contributed by atoms with Crippen molar-refractivity contribution in [3.63, 3.8) is 0 Å². The molecule has 1 aliphatic carbocycles. The van der Waals surface area contributed by atoms with E-state index in [2.05, 4.69) is 11.4 Å². The predicted molar refractivity (Wildman–Crippen MR) is 81.7 cm³/mol. The fourth-order valence-electron chi connectivity index (χ4n) is 3.20. The predicted octanol–water partition coefficient (Wildman–Crippen LogP) is 2.49. The minimum atomic E-state index is 0.337. The zero-order chi connectivity index (χ0) is 14.5. The molecule has 1 heterocycles. The number of ether oxygens (including phenoxy) is 2. The van der Waals surface area contributed by atoms with E-state index in [0.717, 1.165) is 63.4 Å². The molecule has 1 saturated carbocycles. The minimum Gasteiger partial charge on any atom is -0.490 e. The average Bonchev–Trinajstić information content (AvgIpc) is 2.79. The Morgan fingerprint density at radius 3 is 2.71 bits per heavy atom. The summed E-state index contributed by atoms with van der Waals surface area (Å²) in [5.41, 5.74) is 1.18. The van der Waals surface area contributed by atoms with Gasteiger partial charge in [-0.1, -0.05) is 12.1 Å². The molecule has 1 aromatic carbocycles. The van der Waals surface area contributed by atoms with Gasteiger partial charge in [0.05, 0.1) is 13.2 Å². The number of hydrogen-bond donors (Lipinski definition) is 2. The number of benzene rings is 1. The van der Waals surface area contributed by atoms with Crippen LogP contribution in [0.4, 0.5) is 0 Å². The van der Waals surface area contributed by atoms with E-state index in [-0.39, 0.29) is 0 Å². The second-order valence-corrected chi connectivity index (χ2v) is 6.08. The molecule has 0 amide bonds. The Kier molecular flexibility index (Phi) is 4.99. The summed E-state index contributed by atoms with van der Waals surface area (Å²) < 4.78 is 11.6. The fraction of sp³-hybridized carbons (Fsp3) is 0.647. The van der Waals surface area contributed by atoms with E-state index in [4.69, 9.17) is 9.47 Å². The number of hydrogen-bond acceptors (Lipinski definition) is 4. The van der Waals surface area contributed by atoms with Gasteiger partial charge in [-0.15, -0.1) is 0 Å². The molecule has 2 N–H and O–H groups in total. The van der Waals surface area contributed by atoms with Crippen molar-refractivity contribution in [2.24, 2.45) is 5.92 Å². The van der Waals surface area contributed by atoms with Crippen molar-refractivity contribution in [3.8, 4) is 11.5 Å².